The van der Waals surface area contributed by atoms with Gasteiger partial charge in [0, 0.05) is 50.7 Å². The number of hydrogen-bond acceptors (Lipinski definition) is 5. The topological polar surface area (TPSA) is 54.9 Å². The Bertz CT molecular complexity index is 766. The maximum Gasteiger partial charge on any atom is 0.387 e. The van der Waals surface area contributed by atoms with E-state index in [1.165, 1.54) is 30.9 Å². The van der Waals surface area contributed by atoms with Crippen LogP contribution in [-0.4, -0.2) is 60.6 Å². The Hall–Kier alpha value is -2.74. The molecule has 1 fully saturated rings. The average Bonchev–Trinajstić information content (AvgIpc) is 2.69. The highest BCUT2D eigenvalue weighted by Crippen LogP contribution is 2.30. The summed E-state index contributed by atoms with van der Waals surface area (Å²) in [4.78, 5) is 20.8. The molecule has 2 aromatic rings. The molecule has 1 saturated heterocycles. The van der Waals surface area contributed by atoms with Crippen LogP contribution in [0.5, 0.6) is 11.5 Å². The number of alkyl halides is 2. The van der Waals surface area contributed by atoms with E-state index in [-0.39, 0.29) is 17.4 Å². The Labute approximate surface area is 156 Å². The summed E-state index contributed by atoms with van der Waals surface area (Å²) < 4.78 is 34.3. The zero-order valence-electron chi connectivity index (χ0n) is 15.0. The first-order chi connectivity index (χ1) is 13.1. The summed E-state index contributed by atoms with van der Waals surface area (Å²) in [6, 6.07) is 8.20. The number of pyridine rings is 1. The molecule has 1 aromatic carbocycles. The van der Waals surface area contributed by atoms with Crippen LogP contribution in [0.2, 0.25) is 0 Å². The highest BCUT2D eigenvalue weighted by molar-refractivity contribution is 5.95. The number of nitrogens with zero attached hydrogens (tertiary/aromatic N) is 3. The molecule has 8 heteroatoms. The van der Waals surface area contributed by atoms with Gasteiger partial charge in [0.1, 0.15) is 0 Å². The summed E-state index contributed by atoms with van der Waals surface area (Å²) >= 11 is 0. The van der Waals surface area contributed by atoms with Crippen LogP contribution in [0, 0.1) is 0 Å². The Balaban J connectivity index is 1.60. The molecule has 0 saturated carbocycles. The first kappa shape index (κ1) is 19.0. The molecule has 0 aliphatic carbocycles. The molecule has 0 N–H and O–H groups in total. The molecule has 0 unspecified atom stereocenters. The van der Waals surface area contributed by atoms with E-state index in [1.807, 2.05) is 12.1 Å². The van der Waals surface area contributed by atoms with Crippen LogP contribution in [0.3, 0.4) is 0 Å². The molecule has 27 heavy (non-hydrogen) atoms. The first-order valence-corrected chi connectivity index (χ1v) is 8.60. The van der Waals surface area contributed by atoms with Crippen molar-refractivity contribution in [3.05, 3.63) is 53.9 Å². The van der Waals surface area contributed by atoms with E-state index in [9.17, 15) is 13.6 Å². The predicted octanol–water partition coefficient (Wildman–Crippen LogP) is 2.65. The Kier molecular flexibility index (Phi) is 6.18. The second-order valence-electron chi connectivity index (χ2n) is 6.17. The molecular weight excluding hydrogens is 356 g/mol. The monoisotopic (exact) mass is 377 g/mol. The molecule has 1 aromatic heterocycles. The normalized spacial score (nSPS) is 15.0. The van der Waals surface area contributed by atoms with Gasteiger partial charge >= 0.3 is 6.61 Å². The van der Waals surface area contributed by atoms with Gasteiger partial charge in [0.05, 0.1) is 7.11 Å². The van der Waals surface area contributed by atoms with Crippen molar-refractivity contribution in [2.75, 3.05) is 33.3 Å². The molecule has 0 radical (unpaired) electrons. The van der Waals surface area contributed by atoms with E-state index in [1.54, 1.807) is 17.3 Å². The number of aromatic nitrogens is 1. The van der Waals surface area contributed by atoms with E-state index >= 15 is 0 Å². The van der Waals surface area contributed by atoms with Gasteiger partial charge in [-0.3, -0.25) is 14.7 Å². The largest absolute Gasteiger partial charge is 0.493 e. The van der Waals surface area contributed by atoms with Crippen molar-refractivity contribution in [2.45, 2.75) is 13.2 Å². The lowest BCUT2D eigenvalue weighted by molar-refractivity contribution is -0.0512. The fourth-order valence-electron chi connectivity index (χ4n) is 3.03. The number of amides is 1. The van der Waals surface area contributed by atoms with Crippen molar-refractivity contribution in [1.29, 1.82) is 0 Å². The average molecular weight is 377 g/mol. The van der Waals surface area contributed by atoms with Gasteiger partial charge in [-0.05, 0) is 35.9 Å². The van der Waals surface area contributed by atoms with E-state index in [0.29, 0.717) is 18.7 Å². The molecule has 0 spiro atoms. The van der Waals surface area contributed by atoms with Crippen LogP contribution in [0.1, 0.15) is 15.9 Å². The lowest BCUT2D eigenvalue weighted by atomic mass is 10.1. The number of methoxy groups -OCH3 is 1. The van der Waals surface area contributed by atoms with Crippen molar-refractivity contribution in [1.82, 2.24) is 14.8 Å². The number of piperazine rings is 1. The van der Waals surface area contributed by atoms with Crippen LogP contribution in [-0.2, 0) is 6.54 Å². The third-order valence-corrected chi connectivity index (χ3v) is 4.44. The van der Waals surface area contributed by atoms with Gasteiger partial charge in [0.15, 0.2) is 11.5 Å². The zero-order valence-corrected chi connectivity index (χ0v) is 15.0. The number of carbonyl (C=O) groups excluding carboxylic acids is 1. The number of rotatable bonds is 6. The summed E-state index contributed by atoms with van der Waals surface area (Å²) in [6.45, 7) is 0.588. The number of hydrogen-bond donors (Lipinski definition) is 0. The van der Waals surface area contributed by atoms with E-state index in [2.05, 4.69) is 14.6 Å². The van der Waals surface area contributed by atoms with Crippen LogP contribution in [0.25, 0.3) is 0 Å². The second kappa shape index (κ2) is 8.77. The minimum absolute atomic E-state index is 0.0915. The minimum Gasteiger partial charge on any atom is -0.493 e. The van der Waals surface area contributed by atoms with Gasteiger partial charge in [-0.15, -0.1) is 0 Å². The zero-order chi connectivity index (χ0) is 19.2. The maximum absolute atomic E-state index is 12.7. The fraction of sp³-hybridized carbons (Fsp3) is 0.368. The third kappa shape index (κ3) is 4.91. The van der Waals surface area contributed by atoms with Gasteiger partial charge in [-0.25, -0.2) is 0 Å². The summed E-state index contributed by atoms with van der Waals surface area (Å²) in [5, 5.41) is 0. The van der Waals surface area contributed by atoms with Gasteiger partial charge in [0.25, 0.3) is 5.91 Å². The van der Waals surface area contributed by atoms with Crippen molar-refractivity contribution in [2.24, 2.45) is 0 Å². The molecule has 1 aliphatic rings. The molecule has 2 heterocycles. The second-order valence-corrected chi connectivity index (χ2v) is 6.17. The van der Waals surface area contributed by atoms with Gasteiger partial charge in [-0.2, -0.15) is 8.78 Å². The van der Waals surface area contributed by atoms with Crippen LogP contribution in [0.4, 0.5) is 8.78 Å². The van der Waals surface area contributed by atoms with Crippen molar-refractivity contribution < 1.29 is 23.0 Å². The summed E-state index contributed by atoms with van der Waals surface area (Å²) in [5.74, 6) is -0.135. The van der Waals surface area contributed by atoms with E-state index in [0.717, 1.165) is 19.6 Å². The Morgan fingerprint density at radius 1 is 1.11 bits per heavy atom. The third-order valence-electron chi connectivity index (χ3n) is 4.44. The van der Waals surface area contributed by atoms with Crippen LogP contribution in [0.15, 0.2) is 42.7 Å². The number of ether oxygens (including phenoxy) is 2. The number of benzene rings is 1. The molecular formula is C19H21F2N3O3. The van der Waals surface area contributed by atoms with Crippen molar-refractivity contribution >= 4 is 5.91 Å². The fourth-order valence-corrected chi connectivity index (χ4v) is 3.03. The lowest BCUT2D eigenvalue weighted by Gasteiger charge is -2.34. The Morgan fingerprint density at radius 3 is 2.44 bits per heavy atom. The molecule has 144 valence electrons. The highest BCUT2D eigenvalue weighted by atomic mass is 19.3. The van der Waals surface area contributed by atoms with E-state index in [4.69, 9.17) is 4.74 Å². The molecule has 0 bridgehead atoms. The molecule has 0 atom stereocenters. The lowest BCUT2D eigenvalue weighted by Crippen LogP contribution is -2.48. The van der Waals surface area contributed by atoms with E-state index < -0.39 is 6.61 Å². The predicted molar refractivity (Wildman–Crippen MR) is 95.0 cm³/mol. The molecule has 6 nitrogen and oxygen atoms in total. The van der Waals surface area contributed by atoms with Crippen LogP contribution < -0.4 is 9.47 Å². The summed E-state index contributed by atoms with van der Waals surface area (Å²) in [5.41, 5.74) is 1.57. The quantitative estimate of drug-likeness (QED) is 0.775. The van der Waals surface area contributed by atoms with Gasteiger partial charge in [-0.1, -0.05) is 0 Å². The minimum atomic E-state index is -2.95. The van der Waals surface area contributed by atoms with Gasteiger partial charge < -0.3 is 14.4 Å². The maximum atomic E-state index is 12.7. The Morgan fingerprint density at radius 2 is 1.81 bits per heavy atom. The van der Waals surface area contributed by atoms with Crippen LogP contribution >= 0.6 is 0 Å². The smallest absolute Gasteiger partial charge is 0.387 e. The standard InChI is InChI=1S/C19H21F2N3O3/c1-26-17-12-15(2-3-16(17)27-19(20)21)18(25)24-10-8-23(9-11-24)13-14-4-6-22-7-5-14/h2-7,12,19H,8-11,13H2,1H3. The first-order valence-electron chi connectivity index (χ1n) is 8.60. The SMILES string of the molecule is COc1cc(C(=O)N2CCN(Cc3ccncc3)CC2)ccc1OC(F)F. The molecule has 3 rings (SSSR count). The van der Waals surface area contributed by atoms with Gasteiger partial charge in [0.2, 0.25) is 0 Å². The van der Waals surface area contributed by atoms with Crippen molar-refractivity contribution in [3.63, 3.8) is 0 Å². The molecule has 1 amide bonds. The highest BCUT2D eigenvalue weighted by Gasteiger charge is 2.23. The molecule has 1 aliphatic heterocycles. The van der Waals surface area contributed by atoms with Crippen molar-refractivity contribution in [3.8, 4) is 11.5 Å². The summed E-state index contributed by atoms with van der Waals surface area (Å²) in [7, 11) is 1.35. The number of carbonyl (C=O) groups is 1. The number of halogens is 2. The summed E-state index contributed by atoms with van der Waals surface area (Å²) in [6.07, 6.45) is 3.54.